The van der Waals surface area contributed by atoms with Gasteiger partial charge in [-0.25, -0.2) is 4.98 Å². The minimum atomic E-state index is -0.868. The SMILES string of the molecule is CC(C)C[C@H](C(=O)O)[C@H](Cc1ccc(Oc2ccc(CN)cc2)nc1)c1nn[nH]n1. The standard InChI is InChI=1S/C21H26N6O3/c1-13(2)9-18(21(28)29)17(20-24-26-27-25-20)10-15-5-8-19(23-12-15)30-16-6-3-14(11-22)4-7-16/h3-8,12-13,17-18H,9-11,22H2,1-2H3,(H,28,29)(H,24,25,26,27)/t17-,18-/m0/s1. The Morgan fingerprint density at radius 3 is 2.43 bits per heavy atom. The molecule has 0 spiro atoms. The van der Waals surface area contributed by atoms with E-state index in [0.717, 1.165) is 11.1 Å². The quantitative estimate of drug-likeness (QED) is 0.463. The van der Waals surface area contributed by atoms with Crippen LogP contribution in [0.4, 0.5) is 0 Å². The molecule has 3 aromatic rings. The van der Waals surface area contributed by atoms with Crippen LogP contribution in [0.1, 0.15) is 43.1 Å². The Hall–Kier alpha value is -3.33. The highest BCUT2D eigenvalue weighted by Crippen LogP contribution is 2.31. The molecule has 30 heavy (non-hydrogen) atoms. The zero-order chi connectivity index (χ0) is 21.5. The van der Waals surface area contributed by atoms with Crippen LogP contribution < -0.4 is 10.5 Å². The van der Waals surface area contributed by atoms with Crippen molar-refractivity contribution in [2.24, 2.45) is 17.6 Å². The largest absolute Gasteiger partial charge is 0.481 e. The number of rotatable bonds is 10. The second kappa shape index (κ2) is 9.93. The fourth-order valence-corrected chi connectivity index (χ4v) is 3.35. The number of carbonyl (C=O) groups is 1. The monoisotopic (exact) mass is 410 g/mol. The molecule has 0 bridgehead atoms. The highest BCUT2D eigenvalue weighted by atomic mass is 16.5. The second-order valence-corrected chi connectivity index (χ2v) is 7.61. The molecule has 0 aliphatic carbocycles. The molecule has 0 aliphatic heterocycles. The molecule has 4 N–H and O–H groups in total. The minimum absolute atomic E-state index is 0.222. The molecule has 2 heterocycles. The Kier molecular flexibility index (Phi) is 7.08. The summed E-state index contributed by atoms with van der Waals surface area (Å²) in [5.41, 5.74) is 7.49. The molecule has 0 saturated heterocycles. The molecule has 9 heteroatoms. The number of carboxylic acid groups (broad SMARTS) is 1. The number of aromatic amines is 1. The highest BCUT2D eigenvalue weighted by Gasteiger charge is 2.33. The first-order valence-electron chi connectivity index (χ1n) is 9.84. The summed E-state index contributed by atoms with van der Waals surface area (Å²) in [4.78, 5) is 16.3. The van der Waals surface area contributed by atoms with Crippen molar-refractivity contribution in [1.82, 2.24) is 25.6 Å². The highest BCUT2D eigenvalue weighted by molar-refractivity contribution is 5.71. The summed E-state index contributed by atoms with van der Waals surface area (Å²) >= 11 is 0. The minimum Gasteiger partial charge on any atom is -0.481 e. The van der Waals surface area contributed by atoms with E-state index >= 15 is 0 Å². The summed E-state index contributed by atoms with van der Waals surface area (Å²) in [7, 11) is 0. The first kappa shape index (κ1) is 21.4. The number of nitrogens with zero attached hydrogens (tertiary/aromatic N) is 4. The Morgan fingerprint density at radius 2 is 1.90 bits per heavy atom. The molecule has 0 amide bonds. The fourth-order valence-electron chi connectivity index (χ4n) is 3.35. The van der Waals surface area contributed by atoms with Gasteiger partial charge >= 0.3 is 5.97 Å². The lowest BCUT2D eigenvalue weighted by atomic mass is 9.81. The molecule has 9 nitrogen and oxygen atoms in total. The zero-order valence-corrected chi connectivity index (χ0v) is 17.0. The lowest BCUT2D eigenvalue weighted by molar-refractivity contribution is -0.143. The van der Waals surface area contributed by atoms with E-state index < -0.39 is 17.8 Å². The van der Waals surface area contributed by atoms with Gasteiger partial charge < -0.3 is 15.6 Å². The molecule has 0 saturated carbocycles. The van der Waals surface area contributed by atoms with Gasteiger partial charge in [-0.05, 0) is 42.0 Å². The van der Waals surface area contributed by atoms with Crippen molar-refractivity contribution in [2.75, 3.05) is 0 Å². The van der Waals surface area contributed by atoms with Crippen molar-refractivity contribution in [3.05, 3.63) is 59.5 Å². The van der Waals surface area contributed by atoms with Gasteiger partial charge in [-0.3, -0.25) is 4.79 Å². The number of H-pyrrole nitrogens is 1. The zero-order valence-electron chi connectivity index (χ0n) is 17.0. The molecule has 0 unspecified atom stereocenters. The number of aliphatic carboxylic acids is 1. The van der Waals surface area contributed by atoms with Crippen molar-refractivity contribution < 1.29 is 14.6 Å². The number of carboxylic acids is 1. The van der Waals surface area contributed by atoms with E-state index in [0.29, 0.717) is 36.8 Å². The molecule has 2 aromatic heterocycles. The van der Waals surface area contributed by atoms with Gasteiger partial charge in [0, 0.05) is 24.7 Å². The van der Waals surface area contributed by atoms with Gasteiger partial charge in [0.05, 0.1) is 5.92 Å². The van der Waals surface area contributed by atoms with E-state index in [1.807, 2.05) is 44.2 Å². The van der Waals surface area contributed by atoms with Gasteiger partial charge in [-0.1, -0.05) is 37.3 Å². The molecule has 0 aliphatic rings. The summed E-state index contributed by atoms with van der Waals surface area (Å²) in [5.74, 6) is -0.177. The third kappa shape index (κ3) is 5.60. The Balaban J connectivity index is 1.75. The molecular weight excluding hydrogens is 384 g/mol. The van der Waals surface area contributed by atoms with Crippen molar-refractivity contribution in [3.63, 3.8) is 0 Å². The molecule has 0 fully saturated rings. The topological polar surface area (TPSA) is 140 Å². The number of tetrazole rings is 1. The Morgan fingerprint density at radius 1 is 1.17 bits per heavy atom. The number of hydrogen-bond acceptors (Lipinski definition) is 7. The van der Waals surface area contributed by atoms with Gasteiger partial charge in [-0.15, -0.1) is 10.2 Å². The predicted molar refractivity (Wildman–Crippen MR) is 110 cm³/mol. The number of aromatic nitrogens is 5. The van der Waals surface area contributed by atoms with E-state index in [1.54, 1.807) is 12.3 Å². The number of benzene rings is 1. The van der Waals surface area contributed by atoms with E-state index in [4.69, 9.17) is 10.5 Å². The maximum atomic E-state index is 11.9. The molecule has 2 atom stereocenters. The number of hydrogen-bond donors (Lipinski definition) is 3. The van der Waals surface area contributed by atoms with E-state index in [2.05, 4.69) is 25.6 Å². The fraction of sp³-hybridized carbons (Fsp3) is 0.381. The molecule has 158 valence electrons. The van der Waals surface area contributed by atoms with Crippen LogP contribution in [-0.2, 0) is 17.8 Å². The third-order valence-corrected chi connectivity index (χ3v) is 4.86. The first-order chi connectivity index (χ1) is 14.5. The van der Waals surface area contributed by atoms with Crippen LogP contribution in [-0.4, -0.2) is 36.7 Å². The smallest absolute Gasteiger partial charge is 0.307 e. The van der Waals surface area contributed by atoms with Gasteiger partial charge in [0.15, 0.2) is 5.82 Å². The van der Waals surface area contributed by atoms with Crippen LogP contribution in [0, 0.1) is 11.8 Å². The second-order valence-electron chi connectivity index (χ2n) is 7.61. The van der Waals surface area contributed by atoms with Crippen molar-refractivity contribution in [1.29, 1.82) is 0 Å². The van der Waals surface area contributed by atoms with Gasteiger partial charge in [0.25, 0.3) is 0 Å². The Labute approximate surface area is 174 Å². The molecular formula is C21H26N6O3. The summed E-state index contributed by atoms with van der Waals surface area (Å²) in [6.45, 7) is 4.47. The van der Waals surface area contributed by atoms with Crippen LogP contribution >= 0.6 is 0 Å². The van der Waals surface area contributed by atoms with Crippen molar-refractivity contribution in [3.8, 4) is 11.6 Å². The van der Waals surface area contributed by atoms with E-state index in [9.17, 15) is 9.90 Å². The van der Waals surface area contributed by atoms with Crippen LogP contribution in [0.5, 0.6) is 11.6 Å². The van der Waals surface area contributed by atoms with Crippen LogP contribution in [0.25, 0.3) is 0 Å². The normalized spacial score (nSPS) is 13.2. The number of nitrogens with two attached hydrogens (primary N) is 1. The maximum Gasteiger partial charge on any atom is 0.307 e. The van der Waals surface area contributed by atoms with E-state index in [1.165, 1.54) is 0 Å². The average Bonchev–Trinajstić information content (AvgIpc) is 3.26. The number of nitrogens with one attached hydrogen (secondary N) is 1. The number of ether oxygens (including phenoxy) is 1. The molecule has 0 radical (unpaired) electrons. The predicted octanol–water partition coefficient (Wildman–Crippen LogP) is 2.92. The Bertz CT molecular complexity index is 926. The summed E-state index contributed by atoms with van der Waals surface area (Å²) in [6, 6.07) is 11.1. The van der Waals surface area contributed by atoms with Crippen LogP contribution in [0.15, 0.2) is 42.6 Å². The maximum absolute atomic E-state index is 11.9. The molecule has 1 aromatic carbocycles. The summed E-state index contributed by atoms with van der Waals surface area (Å²) < 4.78 is 5.76. The average molecular weight is 410 g/mol. The van der Waals surface area contributed by atoms with Gasteiger partial charge in [-0.2, -0.15) is 5.21 Å². The van der Waals surface area contributed by atoms with Crippen LogP contribution in [0.3, 0.4) is 0 Å². The van der Waals surface area contributed by atoms with Crippen LogP contribution in [0.2, 0.25) is 0 Å². The lowest BCUT2D eigenvalue weighted by Crippen LogP contribution is -2.26. The third-order valence-electron chi connectivity index (χ3n) is 4.86. The number of pyridine rings is 1. The van der Waals surface area contributed by atoms with Crippen molar-refractivity contribution >= 4 is 5.97 Å². The van der Waals surface area contributed by atoms with Crippen molar-refractivity contribution in [2.45, 2.75) is 39.2 Å². The van der Waals surface area contributed by atoms with Gasteiger partial charge in [0.2, 0.25) is 5.88 Å². The lowest BCUT2D eigenvalue weighted by Gasteiger charge is -2.23. The van der Waals surface area contributed by atoms with Gasteiger partial charge in [0.1, 0.15) is 5.75 Å². The van der Waals surface area contributed by atoms with E-state index in [-0.39, 0.29) is 5.92 Å². The summed E-state index contributed by atoms with van der Waals surface area (Å²) in [6.07, 6.45) is 2.63. The first-order valence-corrected chi connectivity index (χ1v) is 9.84. The summed E-state index contributed by atoms with van der Waals surface area (Å²) in [5, 5.41) is 23.9. The molecule has 3 rings (SSSR count).